The van der Waals surface area contributed by atoms with Gasteiger partial charge in [-0.2, -0.15) is 0 Å². The SMILES string of the molecule is NCCCC[C@@H]1NC(=O)[C@H](Cc2c[nH]c3ccccc23)NC(=O)Cc2cccc(c2)CNC(=O)[C@@H](CC2CCCCC2)NC(=O)[C@H](N=C(N)N)CCCCNC1=O. The van der Waals surface area contributed by atoms with E-state index in [-0.39, 0.29) is 56.0 Å². The second kappa shape index (κ2) is 21.8. The van der Waals surface area contributed by atoms with Crippen LogP contribution in [0.5, 0.6) is 0 Å². The van der Waals surface area contributed by atoms with Crippen molar-refractivity contribution in [3.63, 3.8) is 0 Å². The van der Waals surface area contributed by atoms with E-state index < -0.39 is 36.0 Å². The van der Waals surface area contributed by atoms with Crippen LogP contribution in [0.2, 0.25) is 0 Å². The number of amides is 5. The van der Waals surface area contributed by atoms with Gasteiger partial charge in [0.1, 0.15) is 24.2 Å². The first-order valence-corrected chi connectivity index (χ1v) is 20.5. The van der Waals surface area contributed by atoms with E-state index in [1.165, 1.54) is 0 Å². The van der Waals surface area contributed by atoms with Gasteiger partial charge >= 0.3 is 0 Å². The molecule has 0 spiro atoms. The molecule has 2 aliphatic rings. The third-order valence-corrected chi connectivity index (χ3v) is 10.9. The van der Waals surface area contributed by atoms with Gasteiger partial charge in [0.25, 0.3) is 0 Å². The zero-order chi connectivity index (χ0) is 40.6. The molecule has 1 aliphatic heterocycles. The number of unbranched alkanes of at least 4 members (excludes halogenated alkanes) is 1. The molecule has 15 nitrogen and oxygen atoms in total. The van der Waals surface area contributed by atoms with Crippen LogP contribution in [0.15, 0.2) is 59.7 Å². The summed E-state index contributed by atoms with van der Waals surface area (Å²) < 4.78 is 0. The summed E-state index contributed by atoms with van der Waals surface area (Å²) in [6.45, 7) is 0.901. The van der Waals surface area contributed by atoms with Gasteiger partial charge < -0.3 is 48.8 Å². The standard InChI is InChI=1S/C42H60N10O5/c43-19-8-6-17-33-38(54)46-20-9-7-18-34(52-42(44)45)40(56)51-35(22-27-11-2-1-3-12-27)39(55)48-25-29-14-10-13-28(21-29)23-37(53)49-36(41(57)50-33)24-30-26-47-32-16-5-4-15-31(30)32/h4-5,10,13-16,21,26-27,33-36,47H,1-3,6-9,11-12,17-20,22-25,43H2,(H,46,54)(H,48,55)(H,49,53)(H,50,57)(H,51,56)(H4,44,45,52)/t33-,34+,35+,36-/m0/s1. The van der Waals surface area contributed by atoms with E-state index >= 15 is 0 Å². The van der Waals surface area contributed by atoms with Crippen molar-refractivity contribution in [2.75, 3.05) is 13.1 Å². The smallest absolute Gasteiger partial charge is 0.245 e. The van der Waals surface area contributed by atoms with E-state index in [4.69, 9.17) is 17.2 Å². The minimum Gasteiger partial charge on any atom is -0.370 e. The van der Waals surface area contributed by atoms with Gasteiger partial charge in [0, 0.05) is 36.6 Å². The number of rotatable bonds is 9. The Kier molecular flexibility index (Phi) is 16.3. The monoisotopic (exact) mass is 784 g/mol. The van der Waals surface area contributed by atoms with Gasteiger partial charge in [0.15, 0.2) is 5.96 Å². The van der Waals surface area contributed by atoms with Crippen LogP contribution in [-0.2, 0) is 43.4 Å². The van der Waals surface area contributed by atoms with Gasteiger partial charge in [0.2, 0.25) is 29.5 Å². The van der Waals surface area contributed by atoms with Gasteiger partial charge in [-0.25, -0.2) is 4.99 Å². The normalized spacial score (nSPS) is 22.7. The fraction of sp³-hybridized carbons (Fsp3) is 0.524. The van der Waals surface area contributed by atoms with E-state index in [9.17, 15) is 24.0 Å². The van der Waals surface area contributed by atoms with Crippen molar-refractivity contribution in [2.24, 2.45) is 28.1 Å². The first-order chi connectivity index (χ1) is 27.6. The molecule has 15 heteroatoms. The van der Waals surface area contributed by atoms with Crippen LogP contribution in [0.25, 0.3) is 10.9 Å². The largest absolute Gasteiger partial charge is 0.370 e. The number of aliphatic imine (C=N–C) groups is 1. The zero-order valence-corrected chi connectivity index (χ0v) is 32.8. The van der Waals surface area contributed by atoms with Crippen molar-refractivity contribution in [3.8, 4) is 0 Å². The molecule has 3 aromatic rings. The minimum atomic E-state index is -0.982. The molecule has 57 heavy (non-hydrogen) atoms. The fourth-order valence-corrected chi connectivity index (χ4v) is 7.84. The lowest BCUT2D eigenvalue weighted by Gasteiger charge is -2.27. The molecule has 2 aromatic carbocycles. The van der Waals surface area contributed by atoms with E-state index in [0.29, 0.717) is 56.6 Å². The number of carbonyl (C=O) groups excluding carboxylic acids is 5. The number of nitrogens with one attached hydrogen (secondary N) is 6. The van der Waals surface area contributed by atoms with E-state index in [1.807, 2.05) is 54.7 Å². The number of guanidine groups is 1. The molecule has 0 unspecified atom stereocenters. The lowest BCUT2D eigenvalue weighted by atomic mass is 9.84. The first-order valence-electron chi connectivity index (χ1n) is 20.5. The molecule has 2 bridgehead atoms. The molecule has 12 N–H and O–H groups in total. The second-order valence-electron chi connectivity index (χ2n) is 15.4. The summed E-state index contributed by atoms with van der Waals surface area (Å²) >= 11 is 0. The molecule has 0 radical (unpaired) electrons. The molecular formula is C42H60N10O5. The molecule has 308 valence electrons. The van der Waals surface area contributed by atoms with Crippen LogP contribution in [-0.4, -0.2) is 77.7 Å². The number of benzene rings is 2. The molecule has 2 heterocycles. The van der Waals surface area contributed by atoms with Crippen LogP contribution in [0, 0.1) is 5.92 Å². The lowest BCUT2D eigenvalue weighted by Crippen LogP contribution is -2.54. The number of nitrogens with zero attached hydrogens (tertiary/aromatic N) is 1. The van der Waals surface area contributed by atoms with Gasteiger partial charge in [-0.05, 0) is 80.2 Å². The van der Waals surface area contributed by atoms with E-state index in [0.717, 1.165) is 54.1 Å². The number of aromatic nitrogens is 1. The number of nitrogens with two attached hydrogens (primary N) is 3. The molecule has 0 saturated heterocycles. The average molecular weight is 785 g/mol. The predicted molar refractivity (Wildman–Crippen MR) is 220 cm³/mol. The van der Waals surface area contributed by atoms with Gasteiger partial charge in [-0.3, -0.25) is 24.0 Å². The summed E-state index contributed by atoms with van der Waals surface area (Å²) in [6.07, 6.45) is 10.7. The van der Waals surface area contributed by atoms with Crippen LogP contribution in [0.1, 0.15) is 93.7 Å². The zero-order valence-electron chi connectivity index (χ0n) is 32.8. The van der Waals surface area contributed by atoms with Crippen molar-refractivity contribution in [1.29, 1.82) is 0 Å². The maximum absolute atomic E-state index is 14.1. The van der Waals surface area contributed by atoms with Crippen molar-refractivity contribution < 1.29 is 24.0 Å². The minimum absolute atomic E-state index is 0.0214. The highest BCUT2D eigenvalue weighted by molar-refractivity contribution is 5.94. The Morgan fingerprint density at radius 2 is 1.46 bits per heavy atom. The summed E-state index contributed by atoms with van der Waals surface area (Å²) in [5.74, 6) is -1.91. The predicted octanol–water partition coefficient (Wildman–Crippen LogP) is 2.07. The van der Waals surface area contributed by atoms with Gasteiger partial charge in [-0.1, -0.05) is 74.6 Å². The van der Waals surface area contributed by atoms with Crippen LogP contribution in [0.4, 0.5) is 0 Å². The number of hydrogen-bond donors (Lipinski definition) is 9. The van der Waals surface area contributed by atoms with Crippen molar-refractivity contribution >= 4 is 46.4 Å². The van der Waals surface area contributed by atoms with Crippen molar-refractivity contribution in [2.45, 2.75) is 121 Å². The maximum Gasteiger partial charge on any atom is 0.245 e. The Balaban J connectivity index is 1.40. The molecule has 1 saturated carbocycles. The second-order valence-corrected chi connectivity index (χ2v) is 15.4. The summed E-state index contributed by atoms with van der Waals surface area (Å²) in [5, 5.41) is 15.7. The molecule has 4 atom stereocenters. The molecule has 1 aromatic heterocycles. The van der Waals surface area contributed by atoms with E-state index in [1.54, 1.807) is 0 Å². The Labute approximate surface area is 334 Å². The Hall–Kier alpha value is -5.44. The van der Waals surface area contributed by atoms with Crippen LogP contribution in [0.3, 0.4) is 0 Å². The Morgan fingerprint density at radius 3 is 2.25 bits per heavy atom. The van der Waals surface area contributed by atoms with Crippen LogP contribution >= 0.6 is 0 Å². The van der Waals surface area contributed by atoms with Crippen molar-refractivity contribution in [3.05, 3.63) is 71.4 Å². The van der Waals surface area contributed by atoms with E-state index in [2.05, 4.69) is 36.6 Å². The molecule has 1 aliphatic carbocycles. The highest BCUT2D eigenvalue weighted by Crippen LogP contribution is 2.28. The van der Waals surface area contributed by atoms with Gasteiger partial charge in [0.05, 0.1) is 6.42 Å². The highest BCUT2D eigenvalue weighted by atomic mass is 16.2. The van der Waals surface area contributed by atoms with Gasteiger partial charge in [-0.15, -0.1) is 0 Å². The molecular weight excluding hydrogens is 725 g/mol. The van der Waals surface area contributed by atoms with Crippen LogP contribution < -0.4 is 43.8 Å². The Bertz CT molecular complexity index is 1850. The molecule has 1 fully saturated rings. The number of fused-ring (bicyclic) bond motifs is 3. The number of para-hydroxylation sites is 1. The first kappa shape index (κ1) is 42.7. The number of carbonyl (C=O) groups is 5. The van der Waals surface area contributed by atoms with Crippen molar-refractivity contribution in [1.82, 2.24) is 31.6 Å². The number of aromatic amines is 1. The number of hydrogen-bond acceptors (Lipinski definition) is 7. The maximum atomic E-state index is 14.1. The Morgan fingerprint density at radius 1 is 0.719 bits per heavy atom. The summed E-state index contributed by atoms with van der Waals surface area (Å²) in [7, 11) is 0. The lowest BCUT2D eigenvalue weighted by molar-refractivity contribution is -0.132. The third kappa shape index (κ3) is 13.3. The number of H-pyrrole nitrogens is 1. The quantitative estimate of drug-likeness (QED) is 0.0881. The highest BCUT2D eigenvalue weighted by Gasteiger charge is 2.30. The molecule has 5 amide bonds. The summed E-state index contributed by atoms with van der Waals surface area (Å²) in [6, 6.07) is 11.5. The molecule has 5 rings (SSSR count). The topological polar surface area (TPSA) is 252 Å². The third-order valence-electron chi connectivity index (χ3n) is 10.9. The average Bonchev–Trinajstić information content (AvgIpc) is 3.61. The fourth-order valence-electron chi connectivity index (χ4n) is 7.84. The summed E-state index contributed by atoms with van der Waals surface area (Å²) in [5.41, 5.74) is 20.4. The summed E-state index contributed by atoms with van der Waals surface area (Å²) in [4.78, 5) is 76.2.